The fraction of sp³-hybridized carbons (Fsp3) is 0.412. The van der Waals surface area contributed by atoms with Crippen molar-refractivity contribution in [1.29, 1.82) is 0 Å². The second-order valence-corrected chi connectivity index (χ2v) is 6.15. The highest BCUT2D eigenvalue weighted by Crippen LogP contribution is 2.24. The molecule has 1 saturated carbocycles. The van der Waals surface area contributed by atoms with E-state index in [2.05, 4.69) is 10.3 Å². The summed E-state index contributed by atoms with van der Waals surface area (Å²) in [5, 5.41) is 12.3. The number of aromatic nitrogens is 2. The number of benzene rings is 1. The summed E-state index contributed by atoms with van der Waals surface area (Å²) in [4.78, 5) is 39.6. The Morgan fingerprint density at radius 1 is 1.21 bits per heavy atom. The SMILES string of the molecule is O=C(Cn1cnc2ccccc2c1=O)NC1CCC(C(=O)O)CC1. The summed E-state index contributed by atoms with van der Waals surface area (Å²) >= 11 is 0. The first kappa shape index (κ1) is 16.2. The molecule has 0 radical (unpaired) electrons. The first-order chi connectivity index (χ1) is 11.5. The van der Waals surface area contributed by atoms with Crippen LogP contribution in [-0.4, -0.2) is 32.6 Å². The summed E-state index contributed by atoms with van der Waals surface area (Å²) in [5.41, 5.74) is 0.358. The quantitative estimate of drug-likeness (QED) is 0.876. The molecule has 1 heterocycles. The molecular formula is C17H19N3O4. The monoisotopic (exact) mass is 329 g/mol. The molecule has 1 aliphatic rings. The standard InChI is InChI=1S/C17H19N3O4/c21-15(19-12-7-5-11(6-8-12)17(23)24)9-20-10-18-14-4-2-1-3-13(14)16(20)22/h1-4,10-12H,5-9H2,(H,19,21)(H,23,24). The van der Waals surface area contributed by atoms with Gasteiger partial charge in [-0.15, -0.1) is 0 Å². The maximum absolute atomic E-state index is 12.4. The molecule has 2 N–H and O–H groups in total. The number of rotatable bonds is 4. The Labute approximate surface area is 138 Å². The van der Waals surface area contributed by atoms with Gasteiger partial charge >= 0.3 is 5.97 Å². The van der Waals surface area contributed by atoms with E-state index in [1.807, 2.05) is 0 Å². The predicted octanol–water partition coefficient (Wildman–Crippen LogP) is 1.16. The van der Waals surface area contributed by atoms with Crippen LogP contribution in [0.15, 0.2) is 35.4 Å². The Balaban J connectivity index is 1.63. The van der Waals surface area contributed by atoms with Crippen molar-refractivity contribution in [2.75, 3.05) is 0 Å². The number of para-hydroxylation sites is 1. The van der Waals surface area contributed by atoms with Crippen LogP contribution in [0.4, 0.5) is 0 Å². The van der Waals surface area contributed by atoms with Crippen molar-refractivity contribution in [2.45, 2.75) is 38.3 Å². The molecule has 0 atom stereocenters. The lowest BCUT2D eigenvalue weighted by Crippen LogP contribution is -2.41. The van der Waals surface area contributed by atoms with E-state index in [9.17, 15) is 14.4 Å². The molecule has 1 amide bonds. The van der Waals surface area contributed by atoms with Crippen molar-refractivity contribution in [3.63, 3.8) is 0 Å². The Kier molecular flexibility index (Phi) is 4.59. The Morgan fingerprint density at radius 2 is 1.92 bits per heavy atom. The number of nitrogens with zero attached hydrogens (tertiary/aromatic N) is 2. The second kappa shape index (κ2) is 6.82. The predicted molar refractivity (Wildman–Crippen MR) is 87.5 cm³/mol. The molecule has 1 aliphatic carbocycles. The minimum absolute atomic E-state index is 0.0304. The van der Waals surface area contributed by atoms with Crippen LogP contribution in [0.5, 0.6) is 0 Å². The van der Waals surface area contributed by atoms with E-state index in [-0.39, 0.29) is 30.0 Å². The van der Waals surface area contributed by atoms with E-state index in [0.717, 1.165) is 0 Å². The smallest absolute Gasteiger partial charge is 0.306 e. The average molecular weight is 329 g/mol. The summed E-state index contributed by atoms with van der Waals surface area (Å²) in [6, 6.07) is 6.97. The first-order valence-corrected chi connectivity index (χ1v) is 8.01. The number of hydrogen-bond donors (Lipinski definition) is 2. The van der Waals surface area contributed by atoms with Gasteiger partial charge in [0, 0.05) is 6.04 Å². The number of carbonyl (C=O) groups excluding carboxylic acids is 1. The number of carboxylic acid groups (broad SMARTS) is 1. The zero-order valence-electron chi connectivity index (χ0n) is 13.1. The van der Waals surface area contributed by atoms with Gasteiger partial charge in [0.1, 0.15) is 6.54 Å². The van der Waals surface area contributed by atoms with Crippen molar-refractivity contribution in [1.82, 2.24) is 14.9 Å². The van der Waals surface area contributed by atoms with Gasteiger partial charge in [-0.05, 0) is 37.8 Å². The number of amides is 1. The molecule has 1 aromatic heterocycles. The van der Waals surface area contributed by atoms with Gasteiger partial charge in [0.25, 0.3) is 5.56 Å². The lowest BCUT2D eigenvalue weighted by molar-refractivity contribution is -0.142. The molecule has 1 aromatic carbocycles. The molecule has 0 saturated heterocycles. The van der Waals surface area contributed by atoms with Crippen LogP contribution in [0, 0.1) is 5.92 Å². The Bertz CT molecular complexity index is 822. The van der Waals surface area contributed by atoms with Gasteiger partial charge < -0.3 is 10.4 Å². The zero-order valence-corrected chi connectivity index (χ0v) is 13.1. The number of fused-ring (bicyclic) bond motifs is 1. The fourth-order valence-corrected chi connectivity index (χ4v) is 3.13. The number of carboxylic acids is 1. The van der Waals surface area contributed by atoms with Crippen molar-refractivity contribution in [3.8, 4) is 0 Å². The third kappa shape index (κ3) is 3.45. The Morgan fingerprint density at radius 3 is 2.62 bits per heavy atom. The highest BCUT2D eigenvalue weighted by atomic mass is 16.4. The van der Waals surface area contributed by atoms with Crippen molar-refractivity contribution in [2.24, 2.45) is 5.92 Å². The third-order valence-corrected chi connectivity index (χ3v) is 4.49. The van der Waals surface area contributed by atoms with Crippen molar-refractivity contribution >= 4 is 22.8 Å². The lowest BCUT2D eigenvalue weighted by Gasteiger charge is -2.26. The van der Waals surface area contributed by atoms with Crippen LogP contribution in [0.2, 0.25) is 0 Å². The van der Waals surface area contributed by atoms with Gasteiger partial charge in [0.05, 0.1) is 23.1 Å². The summed E-state index contributed by atoms with van der Waals surface area (Å²) < 4.78 is 1.29. The van der Waals surface area contributed by atoms with Crippen LogP contribution >= 0.6 is 0 Å². The molecule has 0 unspecified atom stereocenters. The van der Waals surface area contributed by atoms with E-state index >= 15 is 0 Å². The molecule has 0 spiro atoms. The van der Waals surface area contributed by atoms with E-state index in [4.69, 9.17) is 5.11 Å². The van der Waals surface area contributed by atoms with Crippen molar-refractivity contribution < 1.29 is 14.7 Å². The summed E-state index contributed by atoms with van der Waals surface area (Å²) in [5.74, 6) is -1.34. The molecule has 7 heteroatoms. The molecule has 24 heavy (non-hydrogen) atoms. The fourth-order valence-electron chi connectivity index (χ4n) is 3.13. The van der Waals surface area contributed by atoms with Crippen LogP contribution in [-0.2, 0) is 16.1 Å². The molecule has 0 aliphatic heterocycles. The van der Waals surface area contributed by atoms with Crippen LogP contribution < -0.4 is 10.9 Å². The maximum Gasteiger partial charge on any atom is 0.306 e. The van der Waals surface area contributed by atoms with Crippen LogP contribution in [0.3, 0.4) is 0 Å². The van der Waals surface area contributed by atoms with Gasteiger partial charge in [-0.25, -0.2) is 4.98 Å². The number of nitrogens with one attached hydrogen (secondary N) is 1. The highest BCUT2D eigenvalue weighted by molar-refractivity contribution is 5.79. The Hall–Kier alpha value is -2.70. The second-order valence-electron chi connectivity index (χ2n) is 6.15. The number of carbonyl (C=O) groups is 2. The minimum Gasteiger partial charge on any atom is -0.481 e. The lowest BCUT2D eigenvalue weighted by atomic mass is 9.86. The van der Waals surface area contributed by atoms with E-state index in [0.29, 0.717) is 36.6 Å². The topological polar surface area (TPSA) is 101 Å². The molecule has 3 rings (SSSR count). The van der Waals surface area contributed by atoms with Gasteiger partial charge in [0.2, 0.25) is 5.91 Å². The highest BCUT2D eigenvalue weighted by Gasteiger charge is 2.26. The van der Waals surface area contributed by atoms with E-state index < -0.39 is 5.97 Å². The van der Waals surface area contributed by atoms with Gasteiger partial charge in [0.15, 0.2) is 0 Å². The van der Waals surface area contributed by atoms with Crippen LogP contribution in [0.1, 0.15) is 25.7 Å². The number of aliphatic carboxylic acids is 1. The van der Waals surface area contributed by atoms with E-state index in [1.54, 1.807) is 24.3 Å². The summed E-state index contributed by atoms with van der Waals surface area (Å²) in [6.45, 7) is -0.0878. The zero-order chi connectivity index (χ0) is 17.1. The van der Waals surface area contributed by atoms with Gasteiger partial charge in [-0.1, -0.05) is 12.1 Å². The van der Waals surface area contributed by atoms with Gasteiger partial charge in [-0.3, -0.25) is 19.0 Å². The van der Waals surface area contributed by atoms with Crippen molar-refractivity contribution in [3.05, 3.63) is 40.9 Å². The normalized spacial score (nSPS) is 20.7. The summed E-state index contributed by atoms with van der Waals surface area (Å²) in [6.07, 6.45) is 3.81. The third-order valence-electron chi connectivity index (χ3n) is 4.49. The first-order valence-electron chi connectivity index (χ1n) is 8.01. The average Bonchev–Trinajstić information content (AvgIpc) is 2.58. The molecule has 0 bridgehead atoms. The van der Waals surface area contributed by atoms with E-state index in [1.165, 1.54) is 10.9 Å². The molecular weight excluding hydrogens is 310 g/mol. The largest absolute Gasteiger partial charge is 0.481 e. The number of hydrogen-bond acceptors (Lipinski definition) is 4. The molecule has 2 aromatic rings. The molecule has 7 nitrogen and oxygen atoms in total. The molecule has 1 fully saturated rings. The van der Waals surface area contributed by atoms with Crippen LogP contribution in [0.25, 0.3) is 10.9 Å². The minimum atomic E-state index is -0.770. The maximum atomic E-state index is 12.4. The summed E-state index contributed by atoms with van der Waals surface area (Å²) in [7, 11) is 0. The molecule has 126 valence electrons. The van der Waals surface area contributed by atoms with Gasteiger partial charge in [-0.2, -0.15) is 0 Å².